The third-order valence-corrected chi connectivity index (χ3v) is 10.8. The van der Waals surface area contributed by atoms with Gasteiger partial charge in [-0.1, -0.05) is 115 Å². The molecule has 0 spiro atoms. The fraction of sp³-hybridized carbons (Fsp3) is 0. The molecule has 0 bridgehead atoms. The van der Waals surface area contributed by atoms with Crippen molar-refractivity contribution in [2.45, 2.75) is 0 Å². The summed E-state index contributed by atoms with van der Waals surface area (Å²) in [4.78, 5) is 15.0. The second-order valence-corrected chi connectivity index (χ2v) is 13.8. The molecule has 0 aliphatic heterocycles. The predicted octanol–water partition coefficient (Wildman–Crippen LogP) is 11.9. The molecule has 0 unspecified atom stereocenters. The zero-order valence-corrected chi connectivity index (χ0v) is 28.5. The van der Waals surface area contributed by atoms with Crippen LogP contribution >= 0.6 is 11.3 Å². The molecule has 0 amide bonds. The molecule has 10 aromatic rings. The lowest BCUT2D eigenvalue weighted by Crippen LogP contribution is -2.02. The van der Waals surface area contributed by atoms with Gasteiger partial charge in [-0.05, 0) is 54.1 Å². The lowest BCUT2D eigenvalue weighted by Gasteiger charge is -2.17. The molecule has 0 radical (unpaired) electrons. The van der Waals surface area contributed by atoms with Gasteiger partial charge >= 0.3 is 0 Å². The lowest BCUT2D eigenvalue weighted by molar-refractivity contribution is 1.07. The molecule has 0 saturated carbocycles. The normalized spacial score (nSPS) is 11.4. The molecule has 10 rings (SSSR count). The first kappa shape index (κ1) is 29.9. The van der Waals surface area contributed by atoms with E-state index in [9.17, 15) is 5.26 Å². The van der Waals surface area contributed by atoms with Crippen LogP contribution in [0.3, 0.4) is 0 Å². The zero-order valence-electron chi connectivity index (χ0n) is 27.7. The van der Waals surface area contributed by atoms with E-state index < -0.39 is 0 Å². The van der Waals surface area contributed by atoms with E-state index in [-0.39, 0.29) is 0 Å². The largest absolute Gasteiger partial charge is 0.308 e. The molecule has 242 valence electrons. The highest BCUT2D eigenvalue weighted by atomic mass is 32.1. The maximum atomic E-state index is 9.97. The van der Waals surface area contributed by atoms with Crippen molar-refractivity contribution in [3.63, 3.8) is 0 Å². The molecule has 3 aromatic heterocycles. The van der Waals surface area contributed by atoms with Gasteiger partial charge in [-0.15, -0.1) is 11.3 Å². The number of fused-ring (bicyclic) bond motifs is 7. The fourth-order valence-electron chi connectivity index (χ4n) is 7.31. The van der Waals surface area contributed by atoms with Crippen LogP contribution < -0.4 is 0 Å². The van der Waals surface area contributed by atoms with Crippen LogP contribution in [0, 0.1) is 11.3 Å². The highest BCUT2D eigenvalue weighted by Crippen LogP contribution is 2.44. The SMILES string of the molecule is N#Cc1cccc(-c2cc(-c3nc(-c4ccccc4)nc(-c4ccccc4)n3)ccc2-n2c3ccccc3c3ccc4sc5ccccc5c4c32)c1. The summed E-state index contributed by atoms with van der Waals surface area (Å²) in [5, 5.41) is 14.8. The summed E-state index contributed by atoms with van der Waals surface area (Å²) in [5.74, 6) is 1.79. The maximum absolute atomic E-state index is 9.97. The summed E-state index contributed by atoms with van der Waals surface area (Å²) in [7, 11) is 0. The van der Waals surface area contributed by atoms with E-state index in [1.54, 1.807) is 0 Å². The van der Waals surface area contributed by atoms with Gasteiger partial charge in [0.05, 0.1) is 28.4 Å². The van der Waals surface area contributed by atoms with Gasteiger partial charge in [0.25, 0.3) is 0 Å². The number of nitriles is 1. The van der Waals surface area contributed by atoms with Crippen LogP contribution in [-0.4, -0.2) is 19.5 Å². The lowest BCUT2D eigenvalue weighted by atomic mass is 9.98. The summed E-state index contributed by atoms with van der Waals surface area (Å²) >= 11 is 1.82. The first-order valence-corrected chi connectivity index (χ1v) is 17.9. The van der Waals surface area contributed by atoms with Crippen molar-refractivity contribution in [1.29, 1.82) is 5.26 Å². The van der Waals surface area contributed by atoms with Gasteiger partial charge in [0.2, 0.25) is 0 Å². The molecule has 5 nitrogen and oxygen atoms in total. The molecule has 52 heavy (non-hydrogen) atoms. The Morgan fingerprint density at radius 1 is 0.481 bits per heavy atom. The Morgan fingerprint density at radius 3 is 1.85 bits per heavy atom. The summed E-state index contributed by atoms with van der Waals surface area (Å²) < 4.78 is 4.91. The van der Waals surface area contributed by atoms with Crippen molar-refractivity contribution in [1.82, 2.24) is 19.5 Å². The topological polar surface area (TPSA) is 67.4 Å². The van der Waals surface area contributed by atoms with Crippen LogP contribution in [0.5, 0.6) is 0 Å². The predicted molar refractivity (Wildman–Crippen MR) is 214 cm³/mol. The quantitative estimate of drug-likeness (QED) is 0.181. The molecular formula is C46H27N5S. The maximum Gasteiger partial charge on any atom is 0.164 e. The molecule has 7 aromatic carbocycles. The Bertz CT molecular complexity index is 2970. The second kappa shape index (κ2) is 12.1. The Hall–Kier alpha value is -6.94. The third-order valence-electron chi connectivity index (χ3n) is 9.67. The van der Waals surface area contributed by atoms with Gasteiger partial charge in [0.1, 0.15) is 0 Å². The number of hydrogen-bond donors (Lipinski definition) is 0. The number of rotatable bonds is 5. The van der Waals surface area contributed by atoms with E-state index in [0.29, 0.717) is 23.0 Å². The Morgan fingerprint density at radius 2 is 1.12 bits per heavy atom. The summed E-state index contributed by atoms with van der Waals surface area (Å²) in [5.41, 5.74) is 8.47. The van der Waals surface area contributed by atoms with Crippen LogP contribution in [0.15, 0.2) is 164 Å². The highest BCUT2D eigenvalue weighted by Gasteiger charge is 2.21. The van der Waals surface area contributed by atoms with Gasteiger partial charge in [0.15, 0.2) is 17.5 Å². The van der Waals surface area contributed by atoms with Crippen LogP contribution in [0.2, 0.25) is 0 Å². The fourth-order valence-corrected chi connectivity index (χ4v) is 8.42. The van der Waals surface area contributed by atoms with E-state index in [2.05, 4.69) is 95.6 Å². The van der Waals surface area contributed by atoms with Crippen molar-refractivity contribution in [3.05, 3.63) is 169 Å². The summed E-state index contributed by atoms with van der Waals surface area (Å²) in [6.45, 7) is 0. The van der Waals surface area contributed by atoms with Gasteiger partial charge in [-0.3, -0.25) is 0 Å². The summed E-state index contributed by atoms with van der Waals surface area (Å²) in [6.07, 6.45) is 0. The molecule has 0 aliphatic carbocycles. The van der Waals surface area contributed by atoms with E-state index >= 15 is 0 Å². The minimum atomic E-state index is 0.574. The van der Waals surface area contributed by atoms with Crippen LogP contribution in [0.4, 0.5) is 0 Å². The van der Waals surface area contributed by atoms with E-state index in [1.807, 2.05) is 90.2 Å². The Balaban J connectivity index is 1.29. The first-order valence-electron chi connectivity index (χ1n) is 17.1. The van der Waals surface area contributed by atoms with Crippen molar-refractivity contribution in [2.75, 3.05) is 0 Å². The Labute approximate surface area is 303 Å². The van der Waals surface area contributed by atoms with Crippen LogP contribution in [0.1, 0.15) is 5.56 Å². The number of hydrogen-bond acceptors (Lipinski definition) is 5. The minimum absolute atomic E-state index is 0.574. The van der Waals surface area contributed by atoms with Gasteiger partial charge in [-0.2, -0.15) is 5.26 Å². The molecule has 0 fully saturated rings. The number of benzene rings is 7. The van der Waals surface area contributed by atoms with Gasteiger partial charge < -0.3 is 4.57 Å². The minimum Gasteiger partial charge on any atom is -0.308 e. The average molecular weight is 682 g/mol. The number of aromatic nitrogens is 4. The molecule has 6 heteroatoms. The number of thiophene rings is 1. The summed E-state index contributed by atoms with van der Waals surface area (Å²) in [6, 6.07) is 58.5. The Kier molecular flexibility index (Phi) is 6.98. The standard InChI is InChI=1S/C46H27N5S/c47-28-29-12-11-17-32(26-29)37-27-33(46-49-44(30-13-3-1-4-14-30)48-45(50-46)31-15-5-2-6-16-31)22-24-39(37)51-38-20-9-7-18-34(38)35-23-25-41-42(43(35)51)36-19-8-10-21-40(36)52-41/h1-27H. The van der Waals surface area contributed by atoms with E-state index in [0.717, 1.165) is 39.0 Å². The van der Waals surface area contributed by atoms with E-state index in [4.69, 9.17) is 15.0 Å². The van der Waals surface area contributed by atoms with Gasteiger partial charge in [0, 0.05) is 53.2 Å². The first-order chi connectivity index (χ1) is 25.7. The molecular weight excluding hydrogens is 655 g/mol. The molecule has 0 aliphatic rings. The van der Waals surface area contributed by atoms with Crippen molar-refractivity contribution >= 4 is 53.3 Å². The van der Waals surface area contributed by atoms with Crippen molar-refractivity contribution < 1.29 is 0 Å². The monoisotopic (exact) mass is 681 g/mol. The smallest absolute Gasteiger partial charge is 0.164 e. The molecule has 0 N–H and O–H groups in total. The number of nitrogens with zero attached hydrogens (tertiary/aromatic N) is 5. The van der Waals surface area contributed by atoms with Crippen LogP contribution in [0.25, 0.3) is 93.0 Å². The zero-order chi connectivity index (χ0) is 34.6. The van der Waals surface area contributed by atoms with Crippen molar-refractivity contribution in [2.24, 2.45) is 0 Å². The molecule has 3 heterocycles. The van der Waals surface area contributed by atoms with Gasteiger partial charge in [-0.25, -0.2) is 15.0 Å². The molecule has 0 saturated heterocycles. The second-order valence-electron chi connectivity index (χ2n) is 12.7. The highest BCUT2D eigenvalue weighted by molar-refractivity contribution is 7.26. The molecule has 0 atom stereocenters. The number of para-hydroxylation sites is 1. The van der Waals surface area contributed by atoms with E-state index in [1.165, 1.54) is 36.5 Å². The van der Waals surface area contributed by atoms with Crippen LogP contribution in [-0.2, 0) is 0 Å². The third kappa shape index (κ3) is 4.87. The average Bonchev–Trinajstić information content (AvgIpc) is 3.77. The van der Waals surface area contributed by atoms with Crippen molar-refractivity contribution in [3.8, 4) is 57.0 Å².